The Balaban J connectivity index is 1.88. The summed E-state index contributed by atoms with van der Waals surface area (Å²) in [6.07, 6.45) is 0. The van der Waals surface area contributed by atoms with Crippen LogP contribution in [0.2, 0.25) is 0 Å². The maximum Gasteiger partial charge on any atom is 0.315 e. The van der Waals surface area contributed by atoms with Crippen LogP contribution in [-0.4, -0.2) is 31.8 Å². The molecule has 1 heterocycles. The van der Waals surface area contributed by atoms with E-state index in [0.29, 0.717) is 26.2 Å². The van der Waals surface area contributed by atoms with Crippen molar-refractivity contribution in [2.75, 3.05) is 13.1 Å². The molecule has 2 aromatic rings. The van der Waals surface area contributed by atoms with Crippen LogP contribution in [0, 0.1) is 0 Å². The Hall–Kier alpha value is -1.90. The van der Waals surface area contributed by atoms with E-state index in [-0.39, 0.29) is 10.9 Å². The molecule has 0 aliphatic heterocycles. The van der Waals surface area contributed by atoms with E-state index >= 15 is 0 Å². The number of nitrogens with one attached hydrogen (secondary N) is 2. The first-order chi connectivity index (χ1) is 12.0. The SMILES string of the molecule is CCN(CC)S(=O)(=O)c1ccc(CNC(=O)NCc2cccs2)cc1. The van der Waals surface area contributed by atoms with Gasteiger partial charge in [0.25, 0.3) is 0 Å². The fourth-order valence-corrected chi connectivity index (χ4v) is 4.42. The molecule has 25 heavy (non-hydrogen) atoms. The standard InChI is InChI=1S/C17H23N3O3S2/c1-3-20(4-2)25(22,23)16-9-7-14(8-10-16)12-18-17(21)19-13-15-6-5-11-24-15/h5-11H,3-4,12-13H2,1-2H3,(H2,18,19,21). The van der Waals surface area contributed by atoms with E-state index < -0.39 is 10.0 Å². The molecule has 1 aromatic carbocycles. The van der Waals surface area contributed by atoms with Crippen molar-refractivity contribution in [1.82, 2.24) is 14.9 Å². The van der Waals surface area contributed by atoms with E-state index in [1.807, 2.05) is 31.4 Å². The molecule has 1 aromatic heterocycles. The first kappa shape index (κ1) is 19.4. The van der Waals surface area contributed by atoms with Gasteiger partial charge >= 0.3 is 6.03 Å². The summed E-state index contributed by atoms with van der Waals surface area (Å²) in [7, 11) is -3.45. The summed E-state index contributed by atoms with van der Waals surface area (Å²) in [6, 6.07) is 10.2. The number of sulfonamides is 1. The van der Waals surface area contributed by atoms with Crippen LogP contribution >= 0.6 is 11.3 Å². The molecule has 0 bridgehead atoms. The lowest BCUT2D eigenvalue weighted by Gasteiger charge is -2.18. The third kappa shape index (κ3) is 5.29. The first-order valence-electron chi connectivity index (χ1n) is 8.10. The average molecular weight is 382 g/mol. The van der Waals surface area contributed by atoms with Crippen molar-refractivity contribution in [2.24, 2.45) is 0 Å². The summed E-state index contributed by atoms with van der Waals surface area (Å²) in [5.41, 5.74) is 0.838. The number of thiophene rings is 1. The fraction of sp³-hybridized carbons (Fsp3) is 0.353. The van der Waals surface area contributed by atoms with Gasteiger partial charge in [-0.1, -0.05) is 32.0 Å². The van der Waals surface area contributed by atoms with Gasteiger partial charge in [0, 0.05) is 24.5 Å². The van der Waals surface area contributed by atoms with Crippen molar-refractivity contribution in [3.05, 3.63) is 52.2 Å². The van der Waals surface area contributed by atoms with E-state index in [9.17, 15) is 13.2 Å². The fourth-order valence-electron chi connectivity index (χ4n) is 2.32. The number of nitrogens with zero attached hydrogens (tertiary/aromatic N) is 1. The van der Waals surface area contributed by atoms with Crippen LogP contribution in [0.3, 0.4) is 0 Å². The molecule has 0 aliphatic carbocycles. The zero-order valence-corrected chi connectivity index (χ0v) is 16.0. The minimum Gasteiger partial charge on any atom is -0.334 e. The Morgan fingerprint density at radius 2 is 1.68 bits per heavy atom. The number of hydrogen-bond donors (Lipinski definition) is 2. The third-order valence-electron chi connectivity index (χ3n) is 3.72. The lowest BCUT2D eigenvalue weighted by molar-refractivity contribution is 0.240. The van der Waals surface area contributed by atoms with Crippen molar-refractivity contribution in [3.63, 3.8) is 0 Å². The van der Waals surface area contributed by atoms with E-state index in [1.165, 1.54) is 4.31 Å². The highest BCUT2D eigenvalue weighted by atomic mass is 32.2. The molecule has 0 aliphatic rings. The molecular formula is C17H23N3O3S2. The molecule has 0 saturated carbocycles. The zero-order valence-electron chi connectivity index (χ0n) is 14.4. The highest BCUT2D eigenvalue weighted by molar-refractivity contribution is 7.89. The van der Waals surface area contributed by atoms with Crippen LogP contribution in [-0.2, 0) is 23.1 Å². The summed E-state index contributed by atoms with van der Waals surface area (Å²) in [5, 5.41) is 7.50. The van der Waals surface area contributed by atoms with Crippen molar-refractivity contribution in [1.29, 1.82) is 0 Å². The number of carbonyl (C=O) groups is 1. The maximum absolute atomic E-state index is 12.4. The van der Waals surface area contributed by atoms with Gasteiger partial charge in [-0.05, 0) is 29.1 Å². The summed E-state index contributed by atoms with van der Waals surface area (Å²) < 4.78 is 26.2. The lowest BCUT2D eigenvalue weighted by atomic mass is 10.2. The highest BCUT2D eigenvalue weighted by Gasteiger charge is 2.21. The zero-order chi connectivity index (χ0) is 18.3. The Morgan fingerprint density at radius 1 is 1.04 bits per heavy atom. The van der Waals surface area contributed by atoms with Gasteiger partial charge in [-0.25, -0.2) is 13.2 Å². The Labute approximate surface area is 152 Å². The number of amides is 2. The largest absolute Gasteiger partial charge is 0.334 e. The Kier molecular flexibility index (Phi) is 6.98. The summed E-state index contributed by atoms with van der Waals surface area (Å²) in [5.74, 6) is 0. The predicted molar refractivity (Wildman–Crippen MR) is 99.9 cm³/mol. The monoisotopic (exact) mass is 381 g/mol. The molecule has 6 nitrogen and oxygen atoms in total. The normalized spacial score (nSPS) is 11.5. The molecule has 136 valence electrons. The van der Waals surface area contributed by atoms with Gasteiger partial charge in [0.15, 0.2) is 0 Å². The van der Waals surface area contributed by atoms with Gasteiger partial charge in [0.1, 0.15) is 0 Å². The molecule has 8 heteroatoms. The molecule has 2 amide bonds. The quantitative estimate of drug-likeness (QED) is 0.738. The molecule has 0 fully saturated rings. The molecule has 2 rings (SSSR count). The second-order valence-corrected chi connectivity index (χ2v) is 8.32. The van der Waals surface area contributed by atoms with Crippen molar-refractivity contribution in [2.45, 2.75) is 31.8 Å². The van der Waals surface area contributed by atoms with Gasteiger partial charge in [-0.2, -0.15) is 4.31 Å². The summed E-state index contributed by atoms with van der Waals surface area (Å²) in [6.45, 7) is 5.33. The first-order valence-corrected chi connectivity index (χ1v) is 10.4. The van der Waals surface area contributed by atoms with Gasteiger partial charge in [0.2, 0.25) is 10.0 Å². The third-order valence-corrected chi connectivity index (χ3v) is 6.66. The molecule has 2 N–H and O–H groups in total. The molecular weight excluding hydrogens is 358 g/mol. The molecule has 0 radical (unpaired) electrons. The van der Waals surface area contributed by atoms with E-state index in [0.717, 1.165) is 10.4 Å². The van der Waals surface area contributed by atoms with Crippen LogP contribution in [0.25, 0.3) is 0 Å². The number of hydrogen-bond acceptors (Lipinski definition) is 4. The van der Waals surface area contributed by atoms with Crippen LogP contribution < -0.4 is 10.6 Å². The predicted octanol–water partition coefficient (Wildman–Crippen LogP) is 2.78. The minimum absolute atomic E-state index is 0.256. The van der Waals surface area contributed by atoms with Crippen LogP contribution in [0.5, 0.6) is 0 Å². The summed E-state index contributed by atoms with van der Waals surface area (Å²) in [4.78, 5) is 13.1. The van der Waals surface area contributed by atoms with Gasteiger partial charge < -0.3 is 10.6 Å². The van der Waals surface area contributed by atoms with Crippen LogP contribution in [0.1, 0.15) is 24.3 Å². The topological polar surface area (TPSA) is 78.5 Å². The van der Waals surface area contributed by atoms with Crippen LogP contribution in [0.15, 0.2) is 46.7 Å². The Bertz CT molecular complexity index is 768. The highest BCUT2D eigenvalue weighted by Crippen LogP contribution is 2.16. The maximum atomic E-state index is 12.4. The lowest BCUT2D eigenvalue weighted by Crippen LogP contribution is -2.34. The number of urea groups is 1. The van der Waals surface area contributed by atoms with Gasteiger partial charge in [-0.15, -0.1) is 11.3 Å². The van der Waals surface area contributed by atoms with Gasteiger partial charge in [0.05, 0.1) is 11.4 Å². The molecule has 0 atom stereocenters. The van der Waals surface area contributed by atoms with Gasteiger partial charge in [-0.3, -0.25) is 0 Å². The average Bonchev–Trinajstić information content (AvgIpc) is 3.13. The van der Waals surface area contributed by atoms with Crippen molar-refractivity contribution >= 4 is 27.4 Å². The Morgan fingerprint density at radius 3 is 2.24 bits per heavy atom. The van der Waals surface area contributed by atoms with Crippen molar-refractivity contribution < 1.29 is 13.2 Å². The van der Waals surface area contributed by atoms with E-state index in [4.69, 9.17) is 0 Å². The van der Waals surface area contributed by atoms with Crippen LogP contribution in [0.4, 0.5) is 4.79 Å². The smallest absolute Gasteiger partial charge is 0.315 e. The number of carbonyl (C=O) groups excluding carboxylic acids is 1. The number of rotatable bonds is 8. The van der Waals surface area contributed by atoms with E-state index in [2.05, 4.69) is 10.6 Å². The summed E-state index contributed by atoms with van der Waals surface area (Å²) >= 11 is 1.59. The second-order valence-electron chi connectivity index (χ2n) is 5.35. The second kappa shape index (κ2) is 8.98. The minimum atomic E-state index is -3.45. The molecule has 0 unspecified atom stereocenters. The molecule has 0 saturated heterocycles. The molecule has 0 spiro atoms. The number of benzene rings is 1. The van der Waals surface area contributed by atoms with E-state index in [1.54, 1.807) is 35.6 Å². The van der Waals surface area contributed by atoms with Crippen molar-refractivity contribution in [3.8, 4) is 0 Å².